The van der Waals surface area contributed by atoms with Crippen LogP contribution >= 0.6 is 11.3 Å². The number of rotatable bonds is 3. The predicted molar refractivity (Wildman–Crippen MR) is 63.2 cm³/mol. The molecule has 0 bridgehead atoms. The number of carbonyl (C=O) groups excluding carboxylic acids is 1. The second-order valence-electron chi connectivity index (χ2n) is 4.02. The first kappa shape index (κ1) is 12.5. The van der Waals surface area contributed by atoms with Gasteiger partial charge >= 0.3 is 6.09 Å². The molecule has 1 heterocycles. The summed E-state index contributed by atoms with van der Waals surface area (Å²) in [7, 11) is 0. The highest BCUT2D eigenvalue weighted by Crippen LogP contribution is 2.23. The zero-order valence-corrected chi connectivity index (χ0v) is 10.4. The van der Waals surface area contributed by atoms with Gasteiger partial charge in [0.25, 0.3) is 0 Å². The molecule has 0 radical (unpaired) electrons. The fraction of sp³-hybridized carbons (Fsp3) is 0.455. The van der Waals surface area contributed by atoms with Crippen LogP contribution in [0.2, 0.25) is 0 Å². The Bertz CT molecular complexity index is 443. The van der Waals surface area contributed by atoms with Crippen molar-refractivity contribution in [2.75, 3.05) is 0 Å². The van der Waals surface area contributed by atoms with E-state index in [9.17, 15) is 4.79 Å². The summed E-state index contributed by atoms with van der Waals surface area (Å²) in [5.74, 6) is 2.57. The van der Waals surface area contributed by atoms with Gasteiger partial charge in [0.1, 0.15) is 5.60 Å². The Kier molecular flexibility index (Phi) is 3.55. The van der Waals surface area contributed by atoms with Gasteiger partial charge < -0.3 is 10.5 Å². The molecule has 0 saturated heterocycles. The average molecular weight is 238 g/mol. The van der Waals surface area contributed by atoms with Gasteiger partial charge in [0.05, 0.1) is 15.6 Å². The van der Waals surface area contributed by atoms with E-state index in [1.807, 2.05) is 6.92 Å². The number of aryl methyl sites for hydroxylation is 1. The molecule has 1 amide bonds. The van der Waals surface area contributed by atoms with Crippen LogP contribution in [0.3, 0.4) is 0 Å². The summed E-state index contributed by atoms with van der Waals surface area (Å²) < 4.78 is 4.98. The molecule has 0 unspecified atom stereocenters. The summed E-state index contributed by atoms with van der Waals surface area (Å²) in [5, 5.41) is 0.844. The Morgan fingerprint density at radius 2 is 2.31 bits per heavy atom. The van der Waals surface area contributed by atoms with Crippen LogP contribution in [-0.2, 0) is 11.2 Å². The van der Waals surface area contributed by atoms with E-state index in [-0.39, 0.29) is 0 Å². The fourth-order valence-corrected chi connectivity index (χ4v) is 2.42. The van der Waals surface area contributed by atoms with Crippen LogP contribution in [0.25, 0.3) is 0 Å². The van der Waals surface area contributed by atoms with Crippen LogP contribution in [0, 0.1) is 19.3 Å². The summed E-state index contributed by atoms with van der Waals surface area (Å²) >= 11 is 1.43. The predicted octanol–water partition coefficient (Wildman–Crippen LogP) is 1.85. The average Bonchev–Trinajstić information content (AvgIpc) is 2.42. The SMILES string of the molecule is C#Cc1sc(CC(C)(C)OC(N)=O)nc1C. The van der Waals surface area contributed by atoms with Crippen LogP contribution in [0.1, 0.15) is 29.4 Å². The first-order valence-electron chi connectivity index (χ1n) is 4.75. The Hall–Kier alpha value is -1.54. The maximum Gasteiger partial charge on any atom is 0.405 e. The molecule has 2 N–H and O–H groups in total. The van der Waals surface area contributed by atoms with Gasteiger partial charge in [0.2, 0.25) is 0 Å². The third-order valence-corrected chi connectivity index (χ3v) is 3.01. The van der Waals surface area contributed by atoms with Crippen LogP contribution in [0.5, 0.6) is 0 Å². The van der Waals surface area contributed by atoms with Crippen molar-refractivity contribution in [3.05, 3.63) is 15.6 Å². The second kappa shape index (κ2) is 4.54. The van der Waals surface area contributed by atoms with Gasteiger partial charge in [-0.3, -0.25) is 0 Å². The van der Waals surface area contributed by atoms with Gasteiger partial charge in [-0.05, 0) is 20.8 Å². The van der Waals surface area contributed by atoms with Crippen LogP contribution in [-0.4, -0.2) is 16.7 Å². The van der Waals surface area contributed by atoms with Crippen molar-refractivity contribution in [3.8, 4) is 12.3 Å². The standard InChI is InChI=1S/C11H14N2O2S/c1-5-8-7(2)13-9(16-8)6-11(3,4)15-10(12)14/h1H,6H2,2-4H3,(H2,12,14). The first-order valence-corrected chi connectivity index (χ1v) is 5.57. The van der Waals surface area contributed by atoms with Gasteiger partial charge in [-0.25, -0.2) is 9.78 Å². The quantitative estimate of drug-likeness (QED) is 0.817. The number of terminal acetylenes is 1. The number of thiazole rings is 1. The normalized spacial score (nSPS) is 10.9. The number of ether oxygens (including phenoxy) is 1. The summed E-state index contributed by atoms with van der Waals surface area (Å²) in [6.07, 6.45) is 5.04. The minimum Gasteiger partial charge on any atom is -0.443 e. The molecule has 0 atom stereocenters. The minimum atomic E-state index is -0.782. The van der Waals surface area contributed by atoms with Gasteiger partial charge in [-0.15, -0.1) is 17.8 Å². The highest BCUT2D eigenvalue weighted by molar-refractivity contribution is 7.12. The molecule has 0 fully saturated rings. The number of primary amides is 1. The van der Waals surface area contributed by atoms with Gasteiger partial charge in [0.15, 0.2) is 0 Å². The minimum absolute atomic E-state index is 0.503. The number of nitrogens with zero attached hydrogens (tertiary/aromatic N) is 1. The third-order valence-electron chi connectivity index (χ3n) is 1.93. The molecular formula is C11H14N2O2S. The van der Waals surface area contributed by atoms with Crippen LogP contribution < -0.4 is 5.73 Å². The smallest absolute Gasteiger partial charge is 0.405 e. The van der Waals surface area contributed by atoms with Crippen molar-refractivity contribution in [2.24, 2.45) is 5.73 Å². The van der Waals surface area contributed by atoms with E-state index in [4.69, 9.17) is 16.9 Å². The Labute approximate surface area is 98.8 Å². The van der Waals surface area contributed by atoms with Gasteiger partial charge in [-0.1, -0.05) is 5.92 Å². The molecule has 86 valence electrons. The number of hydrogen-bond acceptors (Lipinski definition) is 4. The van der Waals surface area contributed by atoms with Crippen molar-refractivity contribution in [3.63, 3.8) is 0 Å². The fourth-order valence-electron chi connectivity index (χ4n) is 1.33. The number of hydrogen-bond donors (Lipinski definition) is 1. The Morgan fingerprint density at radius 1 is 1.69 bits per heavy atom. The first-order chi connectivity index (χ1) is 7.34. The van der Waals surface area contributed by atoms with Crippen LogP contribution in [0.15, 0.2) is 0 Å². The molecular weight excluding hydrogens is 224 g/mol. The molecule has 0 aliphatic carbocycles. The van der Waals surface area contributed by atoms with Crippen molar-refractivity contribution in [1.82, 2.24) is 4.98 Å². The van der Waals surface area contributed by atoms with Crippen molar-refractivity contribution >= 4 is 17.4 Å². The molecule has 0 aromatic carbocycles. The van der Waals surface area contributed by atoms with E-state index < -0.39 is 11.7 Å². The molecule has 1 aromatic rings. The summed E-state index contributed by atoms with van der Waals surface area (Å²) in [5.41, 5.74) is 5.15. The molecule has 0 aliphatic heterocycles. The number of carbonyl (C=O) groups is 1. The zero-order valence-electron chi connectivity index (χ0n) is 9.53. The molecule has 0 aliphatic rings. The Balaban J connectivity index is 2.80. The summed E-state index contributed by atoms with van der Waals surface area (Å²) in [6.45, 7) is 5.42. The maximum absolute atomic E-state index is 10.7. The van der Waals surface area contributed by atoms with Crippen LogP contribution in [0.4, 0.5) is 4.79 Å². The van der Waals surface area contributed by atoms with E-state index in [0.717, 1.165) is 15.6 Å². The maximum atomic E-state index is 10.7. The lowest BCUT2D eigenvalue weighted by Gasteiger charge is -2.22. The van der Waals surface area contributed by atoms with Crippen molar-refractivity contribution < 1.29 is 9.53 Å². The molecule has 5 heteroatoms. The second-order valence-corrected chi connectivity index (χ2v) is 5.11. The molecule has 1 rings (SSSR count). The van der Waals surface area contributed by atoms with E-state index in [1.54, 1.807) is 13.8 Å². The van der Waals surface area contributed by atoms with E-state index >= 15 is 0 Å². The van der Waals surface area contributed by atoms with Crippen molar-refractivity contribution in [2.45, 2.75) is 32.8 Å². The topological polar surface area (TPSA) is 65.2 Å². The van der Waals surface area contributed by atoms with E-state index in [1.165, 1.54) is 11.3 Å². The number of nitrogens with two attached hydrogens (primary N) is 1. The van der Waals surface area contributed by atoms with Gasteiger partial charge in [0, 0.05) is 6.42 Å². The molecule has 0 spiro atoms. The molecule has 1 aromatic heterocycles. The molecule has 4 nitrogen and oxygen atoms in total. The summed E-state index contributed by atoms with van der Waals surface area (Å²) in [6, 6.07) is 0. The summed E-state index contributed by atoms with van der Waals surface area (Å²) in [4.78, 5) is 15.8. The number of amides is 1. The molecule has 0 saturated carbocycles. The lowest BCUT2D eigenvalue weighted by atomic mass is 10.1. The van der Waals surface area contributed by atoms with Gasteiger partial charge in [-0.2, -0.15) is 0 Å². The largest absolute Gasteiger partial charge is 0.443 e. The van der Waals surface area contributed by atoms with E-state index in [0.29, 0.717) is 6.42 Å². The monoisotopic (exact) mass is 238 g/mol. The highest BCUT2D eigenvalue weighted by atomic mass is 32.1. The van der Waals surface area contributed by atoms with Crippen molar-refractivity contribution in [1.29, 1.82) is 0 Å². The lowest BCUT2D eigenvalue weighted by molar-refractivity contribution is 0.0460. The number of aromatic nitrogens is 1. The Morgan fingerprint density at radius 3 is 2.75 bits per heavy atom. The lowest BCUT2D eigenvalue weighted by Crippen LogP contribution is -2.33. The highest BCUT2D eigenvalue weighted by Gasteiger charge is 2.24. The third kappa shape index (κ3) is 3.24. The zero-order chi connectivity index (χ0) is 12.3. The molecule has 16 heavy (non-hydrogen) atoms. The van der Waals surface area contributed by atoms with E-state index in [2.05, 4.69) is 10.9 Å².